The molecule has 2 amide bonds. The number of rotatable bonds is 3. The molecule has 3 atom stereocenters. The highest BCUT2D eigenvalue weighted by molar-refractivity contribution is 8.00. The third kappa shape index (κ3) is 4.53. The summed E-state index contributed by atoms with van der Waals surface area (Å²) in [5, 5.41) is 13.0. The summed E-state index contributed by atoms with van der Waals surface area (Å²) in [5.41, 5.74) is 0. The molecule has 2 rings (SSSR count). The maximum Gasteiger partial charge on any atom is 0.326 e. The Morgan fingerprint density at radius 3 is 2.24 bits per heavy atom. The highest BCUT2D eigenvalue weighted by Gasteiger charge is 2.33. The van der Waals surface area contributed by atoms with Crippen LogP contribution in [-0.2, 0) is 4.79 Å². The van der Waals surface area contributed by atoms with Gasteiger partial charge < -0.3 is 15.3 Å². The lowest BCUT2D eigenvalue weighted by molar-refractivity contribution is -0.141. The second-order valence-corrected chi connectivity index (χ2v) is 8.21. The van der Waals surface area contributed by atoms with Crippen molar-refractivity contribution in [3.63, 3.8) is 0 Å². The highest BCUT2D eigenvalue weighted by atomic mass is 32.2. The number of urea groups is 1. The summed E-state index contributed by atoms with van der Waals surface area (Å²) in [4.78, 5) is 25.7. The Kier molecular flexibility index (Phi) is 5.79. The summed E-state index contributed by atoms with van der Waals surface area (Å²) in [6, 6.07) is -0.954. The quantitative estimate of drug-likeness (QED) is 0.840. The van der Waals surface area contributed by atoms with Crippen LogP contribution in [0.5, 0.6) is 0 Å². The fourth-order valence-electron chi connectivity index (χ4n) is 3.42. The van der Waals surface area contributed by atoms with E-state index in [1.54, 1.807) is 4.90 Å². The summed E-state index contributed by atoms with van der Waals surface area (Å²) in [7, 11) is 0. The Labute approximate surface area is 130 Å². The SMILES string of the molecule is CC1CN(C(=O)NC(C(=O)O)C2CCCCC2)CC(C)S1. The molecule has 1 aliphatic carbocycles. The van der Waals surface area contributed by atoms with Gasteiger partial charge in [0.15, 0.2) is 0 Å². The van der Waals surface area contributed by atoms with E-state index >= 15 is 0 Å². The summed E-state index contributed by atoms with van der Waals surface area (Å²) in [6.45, 7) is 5.60. The molecule has 6 heteroatoms. The Hall–Kier alpha value is -0.910. The zero-order valence-electron chi connectivity index (χ0n) is 12.9. The lowest BCUT2D eigenvalue weighted by Gasteiger charge is -2.36. The van der Waals surface area contributed by atoms with E-state index < -0.39 is 12.0 Å². The van der Waals surface area contributed by atoms with Crippen LogP contribution in [0.3, 0.4) is 0 Å². The van der Waals surface area contributed by atoms with E-state index in [0.717, 1.165) is 25.7 Å². The molecule has 120 valence electrons. The van der Waals surface area contributed by atoms with Gasteiger partial charge in [-0.3, -0.25) is 0 Å². The number of nitrogens with zero attached hydrogens (tertiary/aromatic N) is 1. The zero-order chi connectivity index (χ0) is 15.4. The first-order valence-electron chi connectivity index (χ1n) is 7.91. The Morgan fingerprint density at radius 2 is 1.71 bits per heavy atom. The molecule has 0 aromatic carbocycles. The molecule has 3 unspecified atom stereocenters. The molecule has 2 fully saturated rings. The maximum absolute atomic E-state index is 12.4. The summed E-state index contributed by atoms with van der Waals surface area (Å²) < 4.78 is 0. The smallest absolute Gasteiger partial charge is 0.326 e. The van der Waals surface area contributed by atoms with Crippen molar-refractivity contribution in [2.75, 3.05) is 13.1 Å². The molecule has 0 radical (unpaired) electrons. The zero-order valence-corrected chi connectivity index (χ0v) is 13.7. The van der Waals surface area contributed by atoms with E-state index in [2.05, 4.69) is 19.2 Å². The van der Waals surface area contributed by atoms with Gasteiger partial charge in [-0.15, -0.1) is 0 Å². The average Bonchev–Trinajstić information content (AvgIpc) is 2.44. The monoisotopic (exact) mass is 314 g/mol. The molecule has 0 spiro atoms. The maximum atomic E-state index is 12.4. The number of aliphatic carboxylic acids is 1. The number of carboxylic acids is 1. The minimum Gasteiger partial charge on any atom is -0.480 e. The molecule has 1 heterocycles. The molecule has 0 aromatic heterocycles. The molecule has 2 N–H and O–H groups in total. The highest BCUT2D eigenvalue weighted by Crippen LogP contribution is 2.28. The van der Waals surface area contributed by atoms with Crippen LogP contribution in [0.1, 0.15) is 46.0 Å². The van der Waals surface area contributed by atoms with Gasteiger partial charge in [0.2, 0.25) is 0 Å². The molecule has 0 bridgehead atoms. The van der Waals surface area contributed by atoms with Crippen LogP contribution in [0.15, 0.2) is 0 Å². The first-order valence-corrected chi connectivity index (χ1v) is 8.85. The second kappa shape index (κ2) is 7.38. The van der Waals surface area contributed by atoms with Gasteiger partial charge in [0.25, 0.3) is 0 Å². The van der Waals surface area contributed by atoms with Crippen molar-refractivity contribution in [1.82, 2.24) is 10.2 Å². The van der Waals surface area contributed by atoms with Crippen LogP contribution in [0.25, 0.3) is 0 Å². The lowest BCUT2D eigenvalue weighted by atomic mass is 9.84. The van der Waals surface area contributed by atoms with Crippen molar-refractivity contribution in [1.29, 1.82) is 0 Å². The minimum atomic E-state index is -0.900. The predicted octanol–water partition coefficient (Wildman–Crippen LogP) is 2.56. The molecule has 1 saturated carbocycles. The van der Waals surface area contributed by atoms with Crippen molar-refractivity contribution in [3.05, 3.63) is 0 Å². The molecule has 21 heavy (non-hydrogen) atoms. The molecular formula is C15H26N2O3S. The van der Waals surface area contributed by atoms with Gasteiger partial charge in [0, 0.05) is 23.6 Å². The molecule has 1 aliphatic heterocycles. The number of hydrogen-bond donors (Lipinski definition) is 2. The number of thioether (sulfide) groups is 1. The van der Waals surface area contributed by atoms with Gasteiger partial charge >= 0.3 is 12.0 Å². The van der Waals surface area contributed by atoms with E-state index in [4.69, 9.17) is 0 Å². The van der Waals surface area contributed by atoms with E-state index in [1.165, 1.54) is 6.42 Å². The Morgan fingerprint density at radius 1 is 1.14 bits per heavy atom. The molecule has 1 saturated heterocycles. The number of hydrogen-bond acceptors (Lipinski definition) is 3. The normalized spacial score (nSPS) is 29.0. The van der Waals surface area contributed by atoms with Crippen molar-refractivity contribution in [3.8, 4) is 0 Å². The molecular weight excluding hydrogens is 288 g/mol. The summed E-state index contributed by atoms with van der Waals surface area (Å²) in [6.07, 6.45) is 5.12. The van der Waals surface area contributed by atoms with Crippen LogP contribution in [0, 0.1) is 5.92 Å². The number of carboxylic acid groups (broad SMARTS) is 1. The Balaban J connectivity index is 1.95. The van der Waals surface area contributed by atoms with Gasteiger partial charge in [0.1, 0.15) is 6.04 Å². The molecule has 0 aromatic rings. The first kappa shape index (κ1) is 16.5. The minimum absolute atomic E-state index is 0.0780. The topological polar surface area (TPSA) is 69.6 Å². The van der Waals surface area contributed by atoms with Crippen LogP contribution < -0.4 is 5.32 Å². The number of nitrogens with one attached hydrogen (secondary N) is 1. The third-order valence-electron chi connectivity index (χ3n) is 4.37. The van der Waals surface area contributed by atoms with Crippen molar-refractivity contribution in [2.24, 2.45) is 5.92 Å². The molecule has 2 aliphatic rings. The average molecular weight is 314 g/mol. The van der Waals surface area contributed by atoms with Crippen molar-refractivity contribution in [2.45, 2.75) is 62.5 Å². The number of carbonyl (C=O) groups is 2. The van der Waals surface area contributed by atoms with Crippen molar-refractivity contribution < 1.29 is 14.7 Å². The predicted molar refractivity (Wildman–Crippen MR) is 84.6 cm³/mol. The fourth-order valence-corrected chi connectivity index (χ4v) is 4.74. The largest absolute Gasteiger partial charge is 0.480 e. The van der Waals surface area contributed by atoms with Gasteiger partial charge in [-0.2, -0.15) is 11.8 Å². The van der Waals surface area contributed by atoms with Crippen LogP contribution >= 0.6 is 11.8 Å². The third-order valence-corrected chi connectivity index (χ3v) is 5.60. The lowest BCUT2D eigenvalue weighted by Crippen LogP contribution is -2.54. The van der Waals surface area contributed by atoms with Crippen LogP contribution in [0.4, 0.5) is 4.79 Å². The fraction of sp³-hybridized carbons (Fsp3) is 0.867. The van der Waals surface area contributed by atoms with E-state index in [0.29, 0.717) is 23.6 Å². The van der Waals surface area contributed by atoms with E-state index in [1.807, 2.05) is 11.8 Å². The van der Waals surface area contributed by atoms with E-state index in [-0.39, 0.29) is 11.9 Å². The summed E-state index contributed by atoms with van der Waals surface area (Å²) in [5.74, 6) is -0.822. The summed E-state index contributed by atoms with van der Waals surface area (Å²) >= 11 is 1.88. The van der Waals surface area contributed by atoms with Gasteiger partial charge in [-0.1, -0.05) is 33.1 Å². The van der Waals surface area contributed by atoms with Gasteiger partial charge in [-0.05, 0) is 18.8 Å². The second-order valence-electron chi connectivity index (χ2n) is 6.33. The number of carbonyl (C=O) groups excluding carboxylic acids is 1. The number of amides is 2. The molecule has 5 nitrogen and oxygen atoms in total. The van der Waals surface area contributed by atoms with Crippen molar-refractivity contribution >= 4 is 23.8 Å². The van der Waals surface area contributed by atoms with Crippen LogP contribution in [-0.4, -0.2) is 51.6 Å². The standard InChI is InChI=1S/C15H26N2O3S/c1-10-8-17(9-11(2)21-10)15(20)16-13(14(18)19)12-6-4-3-5-7-12/h10-13H,3-9H2,1-2H3,(H,16,20)(H,18,19). The first-order chi connectivity index (χ1) is 9.97. The van der Waals surface area contributed by atoms with Crippen LogP contribution in [0.2, 0.25) is 0 Å². The van der Waals surface area contributed by atoms with Gasteiger partial charge in [-0.25, -0.2) is 9.59 Å². The van der Waals surface area contributed by atoms with E-state index in [9.17, 15) is 14.7 Å². The Bertz CT molecular complexity index is 375. The van der Waals surface area contributed by atoms with Gasteiger partial charge in [0.05, 0.1) is 0 Å².